The van der Waals surface area contributed by atoms with Crippen molar-refractivity contribution < 1.29 is 0 Å². The van der Waals surface area contributed by atoms with E-state index in [0.29, 0.717) is 5.82 Å². The van der Waals surface area contributed by atoms with E-state index in [1.165, 1.54) is 4.80 Å². The maximum absolute atomic E-state index is 5.61. The molecule has 1 saturated heterocycles. The van der Waals surface area contributed by atoms with E-state index in [-0.39, 0.29) is 0 Å². The minimum atomic E-state index is 0.557. The normalized spacial score (nSPS) is 16.6. The van der Waals surface area contributed by atoms with Crippen LogP contribution in [0.5, 0.6) is 0 Å². The van der Waals surface area contributed by atoms with Gasteiger partial charge in [-0.3, -0.25) is 4.90 Å². The Kier molecular flexibility index (Phi) is 3.46. The Labute approximate surface area is 117 Å². The van der Waals surface area contributed by atoms with Gasteiger partial charge in [-0.2, -0.15) is 4.80 Å². The summed E-state index contributed by atoms with van der Waals surface area (Å²) in [7, 11) is 1.78. The van der Waals surface area contributed by atoms with Gasteiger partial charge in [0.05, 0.1) is 25.5 Å². The predicted molar refractivity (Wildman–Crippen MR) is 74.9 cm³/mol. The number of tetrazole rings is 1. The molecule has 0 amide bonds. The van der Waals surface area contributed by atoms with Crippen LogP contribution in [0, 0.1) is 0 Å². The maximum atomic E-state index is 5.61. The van der Waals surface area contributed by atoms with E-state index >= 15 is 0 Å². The second-order valence-corrected chi connectivity index (χ2v) is 4.90. The van der Waals surface area contributed by atoms with Crippen molar-refractivity contribution in [1.29, 1.82) is 0 Å². The average molecular weight is 274 g/mol. The molecular formula is C12H18N8. The fourth-order valence-electron chi connectivity index (χ4n) is 2.34. The fraction of sp³-hybridized carbons (Fsp3) is 0.500. The lowest BCUT2D eigenvalue weighted by molar-refractivity contribution is 0.243. The summed E-state index contributed by atoms with van der Waals surface area (Å²) in [6.07, 6.45) is 1.83. The van der Waals surface area contributed by atoms with Crippen molar-refractivity contribution in [3.05, 3.63) is 24.2 Å². The van der Waals surface area contributed by atoms with Crippen LogP contribution in [0.25, 0.3) is 0 Å². The lowest BCUT2D eigenvalue weighted by atomic mass is 10.2. The standard InChI is InChI=1S/C12H18N8/c1-18-16-12(15-17-18)9-19-4-6-20(7-5-19)10-2-3-11(13)14-8-10/h2-3,8H,4-7,9H2,1H3,(H2,13,14). The van der Waals surface area contributed by atoms with Gasteiger partial charge in [0, 0.05) is 26.2 Å². The lowest BCUT2D eigenvalue weighted by Crippen LogP contribution is -2.46. The van der Waals surface area contributed by atoms with Gasteiger partial charge in [0.15, 0.2) is 5.82 Å². The van der Waals surface area contributed by atoms with Crippen molar-refractivity contribution in [2.75, 3.05) is 36.8 Å². The third kappa shape index (κ3) is 2.85. The van der Waals surface area contributed by atoms with Crippen LogP contribution in [0.2, 0.25) is 0 Å². The van der Waals surface area contributed by atoms with Gasteiger partial charge in [0.2, 0.25) is 0 Å². The number of anilines is 2. The molecule has 0 spiro atoms. The Bertz CT molecular complexity index is 555. The molecule has 0 bridgehead atoms. The highest BCUT2D eigenvalue weighted by Gasteiger charge is 2.18. The molecule has 1 fully saturated rings. The van der Waals surface area contributed by atoms with Crippen molar-refractivity contribution in [1.82, 2.24) is 30.1 Å². The SMILES string of the molecule is Cn1nnc(CN2CCN(c3ccc(N)nc3)CC2)n1. The van der Waals surface area contributed by atoms with E-state index in [2.05, 4.69) is 30.2 Å². The summed E-state index contributed by atoms with van der Waals surface area (Å²) in [5, 5.41) is 12.1. The highest BCUT2D eigenvalue weighted by atomic mass is 15.6. The summed E-state index contributed by atoms with van der Waals surface area (Å²) < 4.78 is 0. The average Bonchev–Trinajstić information content (AvgIpc) is 2.86. The van der Waals surface area contributed by atoms with Gasteiger partial charge in [-0.1, -0.05) is 0 Å². The van der Waals surface area contributed by atoms with E-state index in [9.17, 15) is 0 Å². The second kappa shape index (κ2) is 5.41. The third-order valence-corrected chi connectivity index (χ3v) is 3.42. The van der Waals surface area contributed by atoms with Crippen LogP contribution < -0.4 is 10.6 Å². The van der Waals surface area contributed by atoms with Gasteiger partial charge in [-0.05, 0) is 17.3 Å². The first-order valence-electron chi connectivity index (χ1n) is 6.62. The minimum Gasteiger partial charge on any atom is -0.384 e. The summed E-state index contributed by atoms with van der Waals surface area (Å²) in [5.41, 5.74) is 6.73. The quantitative estimate of drug-likeness (QED) is 0.807. The number of hydrogen-bond donors (Lipinski definition) is 1. The molecule has 0 aromatic carbocycles. The first-order valence-corrected chi connectivity index (χ1v) is 6.62. The summed E-state index contributed by atoms with van der Waals surface area (Å²) in [6.45, 7) is 4.63. The fourth-order valence-corrected chi connectivity index (χ4v) is 2.34. The zero-order chi connectivity index (χ0) is 13.9. The molecule has 0 radical (unpaired) electrons. The van der Waals surface area contributed by atoms with Gasteiger partial charge in [-0.25, -0.2) is 4.98 Å². The van der Waals surface area contributed by atoms with E-state index < -0.39 is 0 Å². The smallest absolute Gasteiger partial charge is 0.188 e. The maximum Gasteiger partial charge on any atom is 0.188 e. The van der Waals surface area contributed by atoms with E-state index in [1.807, 2.05) is 18.3 Å². The molecule has 3 rings (SSSR count). The molecule has 1 aliphatic heterocycles. The van der Waals surface area contributed by atoms with Crippen molar-refractivity contribution in [3.63, 3.8) is 0 Å². The van der Waals surface area contributed by atoms with Crippen LogP contribution in [0.15, 0.2) is 18.3 Å². The number of hydrogen-bond acceptors (Lipinski definition) is 7. The van der Waals surface area contributed by atoms with Crippen molar-refractivity contribution in [2.24, 2.45) is 7.05 Å². The predicted octanol–water partition coefficient (Wildman–Crippen LogP) is -0.490. The first kappa shape index (κ1) is 12.8. The monoisotopic (exact) mass is 274 g/mol. The van der Waals surface area contributed by atoms with Gasteiger partial charge >= 0.3 is 0 Å². The van der Waals surface area contributed by atoms with Crippen LogP contribution in [-0.4, -0.2) is 56.3 Å². The number of aromatic nitrogens is 5. The Balaban J connectivity index is 1.55. The van der Waals surface area contributed by atoms with Crippen molar-refractivity contribution in [3.8, 4) is 0 Å². The molecule has 3 heterocycles. The highest BCUT2D eigenvalue weighted by Crippen LogP contribution is 2.16. The van der Waals surface area contributed by atoms with E-state index in [0.717, 1.165) is 44.2 Å². The molecule has 2 aromatic rings. The Morgan fingerprint density at radius 1 is 1.20 bits per heavy atom. The van der Waals surface area contributed by atoms with Gasteiger partial charge < -0.3 is 10.6 Å². The molecule has 2 N–H and O–H groups in total. The number of nitrogens with zero attached hydrogens (tertiary/aromatic N) is 7. The van der Waals surface area contributed by atoms with Crippen molar-refractivity contribution >= 4 is 11.5 Å². The molecule has 0 aliphatic carbocycles. The number of rotatable bonds is 3. The summed E-state index contributed by atoms with van der Waals surface area (Å²) in [5.74, 6) is 1.33. The Hall–Kier alpha value is -2.22. The molecule has 8 nitrogen and oxygen atoms in total. The molecule has 0 unspecified atom stereocenters. The summed E-state index contributed by atoms with van der Waals surface area (Å²) in [6, 6.07) is 3.85. The number of piperazine rings is 1. The molecule has 0 saturated carbocycles. The van der Waals surface area contributed by atoms with Crippen LogP contribution in [-0.2, 0) is 13.6 Å². The molecule has 106 valence electrons. The van der Waals surface area contributed by atoms with E-state index in [1.54, 1.807) is 7.05 Å². The molecule has 8 heteroatoms. The van der Waals surface area contributed by atoms with Crippen LogP contribution in [0.4, 0.5) is 11.5 Å². The summed E-state index contributed by atoms with van der Waals surface area (Å²) >= 11 is 0. The summed E-state index contributed by atoms with van der Waals surface area (Å²) in [4.78, 5) is 10.3. The number of nitrogen functional groups attached to an aromatic ring is 1. The molecule has 0 atom stereocenters. The van der Waals surface area contributed by atoms with Gasteiger partial charge in [0.1, 0.15) is 5.82 Å². The van der Waals surface area contributed by atoms with Crippen LogP contribution >= 0.6 is 0 Å². The third-order valence-electron chi connectivity index (χ3n) is 3.42. The Morgan fingerprint density at radius 3 is 2.60 bits per heavy atom. The molecule has 1 aliphatic rings. The molecular weight excluding hydrogens is 256 g/mol. The highest BCUT2D eigenvalue weighted by molar-refractivity contribution is 5.48. The second-order valence-electron chi connectivity index (χ2n) is 4.90. The minimum absolute atomic E-state index is 0.557. The zero-order valence-electron chi connectivity index (χ0n) is 11.5. The largest absolute Gasteiger partial charge is 0.384 e. The number of nitrogens with two attached hydrogens (primary N) is 1. The zero-order valence-corrected chi connectivity index (χ0v) is 11.5. The van der Waals surface area contributed by atoms with Gasteiger partial charge in [0.25, 0.3) is 0 Å². The first-order chi connectivity index (χ1) is 9.70. The van der Waals surface area contributed by atoms with Crippen LogP contribution in [0.1, 0.15) is 5.82 Å². The molecule has 20 heavy (non-hydrogen) atoms. The van der Waals surface area contributed by atoms with Gasteiger partial charge in [-0.15, -0.1) is 10.2 Å². The van der Waals surface area contributed by atoms with E-state index in [4.69, 9.17) is 5.73 Å². The number of pyridine rings is 1. The Morgan fingerprint density at radius 2 is 2.00 bits per heavy atom. The van der Waals surface area contributed by atoms with Crippen molar-refractivity contribution in [2.45, 2.75) is 6.54 Å². The molecule has 2 aromatic heterocycles. The topological polar surface area (TPSA) is 89.0 Å². The number of aryl methyl sites for hydroxylation is 1. The van der Waals surface area contributed by atoms with Crippen LogP contribution in [0.3, 0.4) is 0 Å². The lowest BCUT2D eigenvalue weighted by Gasteiger charge is -2.35.